The molecular formula is C17H25N3. The zero-order valence-corrected chi connectivity index (χ0v) is 12.8. The van der Waals surface area contributed by atoms with Crippen LogP contribution in [0.4, 0.5) is 0 Å². The fraction of sp³-hybridized carbons (Fsp3) is 0.471. The maximum atomic E-state index is 4.43. The van der Waals surface area contributed by atoms with Crippen LogP contribution in [0.25, 0.3) is 0 Å². The molecule has 3 heteroatoms. The van der Waals surface area contributed by atoms with Gasteiger partial charge in [-0.05, 0) is 36.1 Å². The summed E-state index contributed by atoms with van der Waals surface area (Å²) >= 11 is 0. The van der Waals surface area contributed by atoms with Gasteiger partial charge < -0.3 is 5.32 Å². The second-order valence-electron chi connectivity index (χ2n) is 5.67. The van der Waals surface area contributed by atoms with E-state index in [0.717, 1.165) is 26.1 Å². The molecule has 1 aromatic heterocycles. The van der Waals surface area contributed by atoms with Crippen molar-refractivity contribution in [2.75, 3.05) is 6.54 Å². The van der Waals surface area contributed by atoms with Gasteiger partial charge in [0.2, 0.25) is 0 Å². The van der Waals surface area contributed by atoms with Crippen LogP contribution in [0.1, 0.15) is 37.6 Å². The summed E-state index contributed by atoms with van der Waals surface area (Å²) in [4.78, 5) is 0. The number of hydrogen-bond donors (Lipinski definition) is 1. The fourth-order valence-corrected chi connectivity index (χ4v) is 2.19. The highest BCUT2D eigenvalue weighted by Crippen LogP contribution is 2.08. The van der Waals surface area contributed by atoms with E-state index in [2.05, 4.69) is 66.2 Å². The van der Waals surface area contributed by atoms with E-state index < -0.39 is 0 Å². The second kappa shape index (κ2) is 7.25. The van der Waals surface area contributed by atoms with Gasteiger partial charge in [0.05, 0.1) is 12.2 Å². The predicted molar refractivity (Wildman–Crippen MR) is 83.7 cm³/mol. The SMILES string of the molecule is CCc1ccc(Cn2nccc2CNCC(C)C)cc1. The Hall–Kier alpha value is -1.61. The van der Waals surface area contributed by atoms with Crippen molar-refractivity contribution in [1.82, 2.24) is 15.1 Å². The van der Waals surface area contributed by atoms with Crippen LogP contribution in [-0.4, -0.2) is 16.3 Å². The Kier molecular flexibility index (Phi) is 5.36. The number of nitrogens with one attached hydrogen (secondary N) is 1. The lowest BCUT2D eigenvalue weighted by molar-refractivity contribution is 0.529. The minimum Gasteiger partial charge on any atom is -0.311 e. The van der Waals surface area contributed by atoms with Crippen molar-refractivity contribution in [2.24, 2.45) is 5.92 Å². The molecule has 20 heavy (non-hydrogen) atoms. The molecule has 1 N–H and O–H groups in total. The van der Waals surface area contributed by atoms with Crippen molar-refractivity contribution < 1.29 is 0 Å². The van der Waals surface area contributed by atoms with Gasteiger partial charge in [-0.2, -0.15) is 5.10 Å². The molecule has 0 saturated heterocycles. The molecule has 0 bridgehead atoms. The van der Waals surface area contributed by atoms with Crippen LogP contribution in [0.5, 0.6) is 0 Å². The molecule has 0 atom stereocenters. The molecule has 0 saturated carbocycles. The first kappa shape index (κ1) is 14.8. The first-order valence-corrected chi connectivity index (χ1v) is 7.48. The third-order valence-electron chi connectivity index (χ3n) is 3.43. The minimum atomic E-state index is 0.674. The van der Waals surface area contributed by atoms with E-state index in [1.165, 1.54) is 16.8 Å². The van der Waals surface area contributed by atoms with Crippen molar-refractivity contribution in [3.63, 3.8) is 0 Å². The van der Waals surface area contributed by atoms with Gasteiger partial charge in [-0.1, -0.05) is 45.0 Å². The van der Waals surface area contributed by atoms with E-state index in [-0.39, 0.29) is 0 Å². The first-order chi connectivity index (χ1) is 9.69. The van der Waals surface area contributed by atoms with Crippen LogP contribution in [0.2, 0.25) is 0 Å². The van der Waals surface area contributed by atoms with E-state index in [1.807, 2.05) is 6.20 Å². The fourth-order valence-electron chi connectivity index (χ4n) is 2.19. The zero-order chi connectivity index (χ0) is 14.4. The molecule has 1 aromatic carbocycles. The maximum absolute atomic E-state index is 4.43. The van der Waals surface area contributed by atoms with Gasteiger partial charge >= 0.3 is 0 Å². The number of benzene rings is 1. The Morgan fingerprint density at radius 3 is 2.45 bits per heavy atom. The highest BCUT2D eigenvalue weighted by molar-refractivity contribution is 5.23. The summed E-state index contributed by atoms with van der Waals surface area (Å²) in [6.45, 7) is 9.39. The molecule has 0 fully saturated rings. The van der Waals surface area contributed by atoms with Crippen molar-refractivity contribution in [1.29, 1.82) is 0 Å². The van der Waals surface area contributed by atoms with Gasteiger partial charge in [0.25, 0.3) is 0 Å². The average Bonchev–Trinajstić information content (AvgIpc) is 2.87. The topological polar surface area (TPSA) is 29.9 Å². The zero-order valence-electron chi connectivity index (χ0n) is 12.8. The number of aryl methyl sites for hydroxylation is 1. The third-order valence-corrected chi connectivity index (χ3v) is 3.43. The monoisotopic (exact) mass is 271 g/mol. The Balaban J connectivity index is 1.96. The lowest BCUT2D eigenvalue weighted by atomic mass is 10.1. The summed E-state index contributed by atoms with van der Waals surface area (Å²) in [5.74, 6) is 0.674. The first-order valence-electron chi connectivity index (χ1n) is 7.48. The van der Waals surface area contributed by atoms with Gasteiger partial charge in [0.15, 0.2) is 0 Å². The van der Waals surface area contributed by atoms with Crippen LogP contribution < -0.4 is 5.32 Å². The molecule has 0 unspecified atom stereocenters. The Labute approximate surface area is 122 Å². The number of hydrogen-bond acceptors (Lipinski definition) is 2. The molecule has 3 nitrogen and oxygen atoms in total. The Morgan fingerprint density at radius 2 is 1.80 bits per heavy atom. The molecule has 0 aliphatic rings. The van der Waals surface area contributed by atoms with Gasteiger partial charge in [-0.3, -0.25) is 4.68 Å². The minimum absolute atomic E-state index is 0.674. The van der Waals surface area contributed by atoms with Crippen LogP contribution in [0.3, 0.4) is 0 Å². The average molecular weight is 271 g/mol. The quantitative estimate of drug-likeness (QED) is 0.838. The second-order valence-corrected chi connectivity index (χ2v) is 5.67. The molecule has 0 aliphatic carbocycles. The van der Waals surface area contributed by atoms with Gasteiger partial charge in [-0.25, -0.2) is 0 Å². The molecule has 0 aliphatic heterocycles. The highest BCUT2D eigenvalue weighted by atomic mass is 15.3. The van der Waals surface area contributed by atoms with E-state index in [9.17, 15) is 0 Å². The molecule has 2 aromatic rings. The summed E-state index contributed by atoms with van der Waals surface area (Å²) in [6.07, 6.45) is 2.97. The third kappa shape index (κ3) is 4.20. The number of aromatic nitrogens is 2. The highest BCUT2D eigenvalue weighted by Gasteiger charge is 2.04. The van der Waals surface area contributed by atoms with Gasteiger partial charge in [0.1, 0.15) is 0 Å². The van der Waals surface area contributed by atoms with Crippen LogP contribution in [0.15, 0.2) is 36.5 Å². The van der Waals surface area contributed by atoms with Crippen molar-refractivity contribution in [3.8, 4) is 0 Å². The largest absolute Gasteiger partial charge is 0.311 e. The lowest BCUT2D eigenvalue weighted by Gasteiger charge is -2.10. The molecule has 1 heterocycles. The molecule has 0 radical (unpaired) electrons. The van der Waals surface area contributed by atoms with Crippen molar-refractivity contribution >= 4 is 0 Å². The summed E-state index contributed by atoms with van der Waals surface area (Å²) in [6, 6.07) is 10.9. The summed E-state index contributed by atoms with van der Waals surface area (Å²) in [5.41, 5.74) is 3.93. The maximum Gasteiger partial charge on any atom is 0.0663 e. The summed E-state index contributed by atoms with van der Waals surface area (Å²) in [5, 5.41) is 7.90. The summed E-state index contributed by atoms with van der Waals surface area (Å²) in [7, 11) is 0. The predicted octanol–water partition coefficient (Wildman–Crippen LogP) is 3.24. The Morgan fingerprint density at radius 1 is 1.10 bits per heavy atom. The van der Waals surface area contributed by atoms with Crippen molar-refractivity contribution in [2.45, 2.75) is 40.3 Å². The van der Waals surface area contributed by atoms with Crippen LogP contribution in [-0.2, 0) is 19.5 Å². The number of rotatable bonds is 7. The molecule has 2 rings (SSSR count). The van der Waals surface area contributed by atoms with E-state index in [0.29, 0.717) is 5.92 Å². The Bertz CT molecular complexity index is 511. The normalized spacial score (nSPS) is 11.2. The molecule has 0 amide bonds. The molecule has 108 valence electrons. The molecular weight excluding hydrogens is 246 g/mol. The van der Waals surface area contributed by atoms with Crippen LogP contribution in [0, 0.1) is 5.92 Å². The van der Waals surface area contributed by atoms with Crippen LogP contribution >= 0.6 is 0 Å². The smallest absolute Gasteiger partial charge is 0.0663 e. The van der Waals surface area contributed by atoms with E-state index >= 15 is 0 Å². The van der Waals surface area contributed by atoms with Crippen molar-refractivity contribution in [3.05, 3.63) is 53.3 Å². The summed E-state index contributed by atoms with van der Waals surface area (Å²) < 4.78 is 2.08. The standard InChI is InChI=1S/C17H25N3/c1-4-15-5-7-16(8-6-15)13-20-17(9-10-19-20)12-18-11-14(2)3/h5-10,14,18H,4,11-13H2,1-3H3. The number of nitrogens with zero attached hydrogens (tertiary/aromatic N) is 2. The van der Waals surface area contributed by atoms with Gasteiger partial charge in [0, 0.05) is 12.7 Å². The van der Waals surface area contributed by atoms with Gasteiger partial charge in [-0.15, -0.1) is 0 Å². The lowest BCUT2D eigenvalue weighted by Crippen LogP contribution is -2.21. The van der Waals surface area contributed by atoms with E-state index in [4.69, 9.17) is 0 Å². The van der Waals surface area contributed by atoms with E-state index in [1.54, 1.807) is 0 Å². The molecule has 0 spiro atoms.